The van der Waals surface area contributed by atoms with Crippen molar-refractivity contribution in [2.24, 2.45) is 0 Å². The Balaban J connectivity index is -0.0000000167. The Labute approximate surface area is 134 Å². The molecule has 0 N–H and O–H groups in total. The van der Waals surface area contributed by atoms with E-state index in [0.29, 0.717) is 0 Å². The van der Waals surface area contributed by atoms with E-state index in [9.17, 15) is 0 Å². The molecule has 1 aliphatic carbocycles. The molecule has 0 bridgehead atoms. The third-order valence-electron chi connectivity index (χ3n) is 0.586. The molecule has 0 aromatic rings. The predicted octanol–water partition coefficient (Wildman–Crippen LogP) is -7.23. The van der Waals surface area contributed by atoms with Crippen LogP contribution in [0.2, 0.25) is 0 Å². The molecule has 1 aliphatic rings. The summed E-state index contributed by atoms with van der Waals surface area (Å²) in [5.41, 5.74) is 0. The van der Waals surface area contributed by atoms with Crippen molar-refractivity contribution in [2.75, 3.05) is 0 Å². The first-order valence-electron chi connectivity index (χ1n) is 1.72. The molecule has 1 rings (SSSR count). The number of hydrogen-bond donors (Lipinski definition) is 0. The van der Waals surface area contributed by atoms with Gasteiger partial charge < -0.3 is 79.4 Å². The van der Waals surface area contributed by atoms with Crippen LogP contribution in [0.5, 0.6) is 0 Å². The number of hydrogen-bond acceptors (Lipinski definition) is 0. The second kappa shape index (κ2) is 22.5. The Kier molecular flexibility index (Phi) is 66.2. The Morgan fingerprint density at radius 3 is 1.70 bits per heavy atom. The molecule has 0 amide bonds. The zero-order chi connectivity index (χ0) is 3.54. The van der Waals surface area contributed by atoms with Crippen LogP contribution in [0.3, 0.4) is 0 Å². The third-order valence-corrected chi connectivity index (χ3v) is 0.586. The van der Waals surface area contributed by atoms with Gasteiger partial charge in [0.25, 0.3) is 0 Å². The minimum Gasteiger partial charge on any atom is -1.00 e. The van der Waals surface area contributed by atoms with Gasteiger partial charge in [0.05, 0.1) is 0 Å². The van der Waals surface area contributed by atoms with E-state index >= 15 is 0 Å². The minimum atomic E-state index is 0. The van der Waals surface area contributed by atoms with Crippen LogP contribution in [-0.2, 0) is 25.8 Å². The summed E-state index contributed by atoms with van der Waals surface area (Å²) >= 11 is 0. The monoisotopic (exact) mass is 641 g/mol. The van der Waals surface area contributed by atoms with E-state index in [1.807, 2.05) is 12.2 Å². The maximum atomic E-state index is 2.99. The van der Waals surface area contributed by atoms with Gasteiger partial charge in [0, 0.05) is 25.8 Å². The van der Waals surface area contributed by atoms with Crippen LogP contribution in [0.1, 0.15) is 6.42 Å². The van der Waals surface area contributed by atoms with Crippen molar-refractivity contribution in [3.63, 3.8) is 0 Å². The molecule has 0 fully saturated rings. The van der Waals surface area contributed by atoms with Crippen LogP contribution in [0, 0.1) is 13.5 Å². The van der Waals surface area contributed by atoms with Crippen LogP contribution in [0.25, 0.3) is 0 Å². The van der Waals surface area contributed by atoms with E-state index in [2.05, 4.69) is 12.2 Å². The van der Waals surface area contributed by atoms with E-state index in [1.165, 1.54) is 0 Å². The van der Waals surface area contributed by atoms with Crippen molar-refractivity contribution < 1.29 is 97.8 Å². The van der Waals surface area contributed by atoms with Gasteiger partial charge in [-0.15, -0.1) is 6.42 Å². The Morgan fingerprint density at radius 2 is 1.60 bits per heavy atom. The van der Waals surface area contributed by atoms with Crippen molar-refractivity contribution in [1.29, 1.82) is 0 Å². The SMILES string of the molecule is [C-]1=CC=CC1.[CH3-].[Hf].[I-].[I-].[I-]. The largest absolute Gasteiger partial charge is 1.00 e. The van der Waals surface area contributed by atoms with Crippen LogP contribution in [0.15, 0.2) is 18.2 Å². The van der Waals surface area contributed by atoms with Gasteiger partial charge in [0.15, 0.2) is 0 Å². The summed E-state index contributed by atoms with van der Waals surface area (Å²) in [5.74, 6) is 0. The van der Waals surface area contributed by atoms with Crippen molar-refractivity contribution in [1.82, 2.24) is 0 Å². The van der Waals surface area contributed by atoms with Crippen molar-refractivity contribution in [3.05, 3.63) is 31.7 Å². The average Bonchev–Trinajstić information content (AvgIpc) is 1.76. The molecule has 0 nitrogen and oxygen atoms in total. The zero-order valence-corrected chi connectivity index (χ0v) is 15.6. The summed E-state index contributed by atoms with van der Waals surface area (Å²) in [6.07, 6.45) is 10.0. The van der Waals surface area contributed by atoms with Crippen molar-refractivity contribution in [2.45, 2.75) is 6.42 Å². The molecule has 62 valence electrons. The molecule has 0 aliphatic heterocycles. The third kappa shape index (κ3) is 16.9. The van der Waals surface area contributed by atoms with E-state index in [-0.39, 0.29) is 105 Å². The topological polar surface area (TPSA) is 0 Å². The van der Waals surface area contributed by atoms with Gasteiger partial charge in [-0.3, -0.25) is 6.08 Å². The normalized spacial score (nSPS) is 8.80. The molecule has 0 atom stereocenters. The van der Waals surface area contributed by atoms with Crippen LogP contribution in [-0.4, -0.2) is 0 Å². The first-order valence-corrected chi connectivity index (χ1v) is 1.72. The minimum absolute atomic E-state index is 0. The molecule has 0 aromatic heterocycles. The second-order valence-corrected chi connectivity index (χ2v) is 1.00. The molecule has 0 aromatic carbocycles. The molecule has 0 saturated carbocycles. The van der Waals surface area contributed by atoms with Crippen molar-refractivity contribution >= 4 is 0 Å². The standard InChI is InChI=1S/C5H5.CH3.Hf.3HI/c1-2-4-5-3-1;;;;;/h1-3H,4H2;1H3;;3*1H/q2*-1;;;;/p-3. The smallest absolute Gasteiger partial charge is 0 e. The molecular weight excluding hydrogens is 631 g/mol. The number of rotatable bonds is 0. The summed E-state index contributed by atoms with van der Waals surface area (Å²) in [6.45, 7) is 0. The fraction of sp³-hybridized carbons (Fsp3) is 0.167. The predicted molar refractivity (Wildman–Crippen MR) is 28.0 cm³/mol. The zero-order valence-electron chi connectivity index (χ0n) is 5.57. The van der Waals surface area contributed by atoms with Crippen molar-refractivity contribution in [3.8, 4) is 0 Å². The van der Waals surface area contributed by atoms with E-state index in [0.717, 1.165) is 6.42 Å². The van der Waals surface area contributed by atoms with E-state index in [1.54, 1.807) is 0 Å². The quantitative estimate of drug-likeness (QED) is 0.141. The van der Waals surface area contributed by atoms with Gasteiger partial charge in [-0.2, -0.15) is 6.08 Å². The van der Waals surface area contributed by atoms with Gasteiger partial charge in [-0.05, 0) is 0 Å². The summed E-state index contributed by atoms with van der Waals surface area (Å²) in [6, 6.07) is 0. The van der Waals surface area contributed by atoms with Gasteiger partial charge in [0.1, 0.15) is 0 Å². The summed E-state index contributed by atoms with van der Waals surface area (Å²) in [4.78, 5) is 0. The average molecular weight is 639 g/mol. The van der Waals surface area contributed by atoms with Crippen LogP contribution >= 0.6 is 0 Å². The molecule has 0 radical (unpaired) electrons. The van der Waals surface area contributed by atoms with E-state index < -0.39 is 0 Å². The molecule has 0 spiro atoms. The Bertz CT molecular complexity index is 71.1. The molecule has 0 heterocycles. The van der Waals surface area contributed by atoms with Gasteiger partial charge in [-0.1, -0.05) is 0 Å². The maximum absolute atomic E-state index is 2.99. The second-order valence-electron chi connectivity index (χ2n) is 1.00. The summed E-state index contributed by atoms with van der Waals surface area (Å²) in [7, 11) is 0. The summed E-state index contributed by atoms with van der Waals surface area (Å²) < 4.78 is 0. The molecule has 4 heteroatoms. The first-order chi connectivity index (χ1) is 2.50. The molecule has 0 saturated heterocycles. The van der Waals surface area contributed by atoms with Gasteiger partial charge in [-0.25, -0.2) is 12.2 Å². The number of allylic oxidation sites excluding steroid dienone is 4. The Hall–Kier alpha value is 2.54. The molecular formula is C6H8HfI3-5. The van der Waals surface area contributed by atoms with Crippen LogP contribution in [0.4, 0.5) is 0 Å². The van der Waals surface area contributed by atoms with E-state index in [4.69, 9.17) is 0 Å². The molecule has 10 heavy (non-hydrogen) atoms. The van der Waals surface area contributed by atoms with Gasteiger partial charge >= 0.3 is 0 Å². The molecule has 0 unspecified atom stereocenters. The summed E-state index contributed by atoms with van der Waals surface area (Å²) in [5, 5.41) is 0. The maximum Gasteiger partial charge on any atom is 0 e. The van der Waals surface area contributed by atoms with Gasteiger partial charge in [0.2, 0.25) is 0 Å². The Morgan fingerprint density at radius 1 is 1.10 bits per heavy atom. The fourth-order valence-corrected chi connectivity index (χ4v) is 0.340. The number of halogens is 3. The fourth-order valence-electron chi connectivity index (χ4n) is 0.340. The van der Waals surface area contributed by atoms with Crippen LogP contribution < -0.4 is 71.9 Å². The first kappa shape index (κ1) is 29.4.